The molecule has 4 aliphatic carbocycles. The van der Waals surface area contributed by atoms with Crippen molar-refractivity contribution in [1.82, 2.24) is 0 Å². The van der Waals surface area contributed by atoms with E-state index in [-0.39, 0.29) is 39.9 Å². The summed E-state index contributed by atoms with van der Waals surface area (Å²) in [6.45, 7) is 16.6. The third kappa shape index (κ3) is 5.48. The molecule has 5 rings (SSSR count). The molecule has 260 valence electrons. The molecule has 0 aromatic heterocycles. The zero-order valence-corrected chi connectivity index (χ0v) is 28.8. The standard InChI is InChI=1S/C36H62O9/c1-19(2)10-9-13-36(8,43)20-11-15-34(6)26(20)21(38)16-24-33(5)14-12-25(39)32(3,4)30(33)22(17-35(24,34)7)44-31-29(42)28(41)27(40)23(18-37)45-31/h10,20-31,37-43H,9,11-18H2,1-8H3/t20?,21?,22?,23-,24?,25?,26?,27-,28+,29-,30?,31-,33+,34+,35+,36-/m0/s1. The molecule has 0 aromatic rings. The summed E-state index contributed by atoms with van der Waals surface area (Å²) in [5.74, 6) is -0.186. The van der Waals surface area contributed by atoms with Gasteiger partial charge in [0.25, 0.3) is 0 Å². The van der Waals surface area contributed by atoms with Gasteiger partial charge < -0.3 is 45.2 Å². The Hall–Kier alpha value is -0.620. The van der Waals surface area contributed by atoms with Gasteiger partial charge in [-0.2, -0.15) is 0 Å². The number of rotatable bonds is 7. The highest BCUT2D eigenvalue weighted by atomic mass is 16.7. The fourth-order valence-corrected chi connectivity index (χ4v) is 11.9. The minimum Gasteiger partial charge on any atom is -0.394 e. The van der Waals surface area contributed by atoms with Crippen LogP contribution in [0.15, 0.2) is 11.6 Å². The largest absolute Gasteiger partial charge is 0.394 e. The number of aliphatic hydroxyl groups is 7. The van der Waals surface area contributed by atoms with Crippen LogP contribution in [0.2, 0.25) is 0 Å². The minimum atomic E-state index is -1.54. The highest BCUT2D eigenvalue weighted by Crippen LogP contribution is 2.76. The Kier molecular flexibility index (Phi) is 9.56. The van der Waals surface area contributed by atoms with E-state index in [0.29, 0.717) is 25.7 Å². The van der Waals surface area contributed by atoms with Gasteiger partial charge in [-0.15, -0.1) is 0 Å². The fourth-order valence-electron chi connectivity index (χ4n) is 11.9. The molecule has 0 amide bonds. The van der Waals surface area contributed by atoms with E-state index in [1.807, 2.05) is 6.92 Å². The van der Waals surface area contributed by atoms with Crippen molar-refractivity contribution in [1.29, 1.82) is 0 Å². The summed E-state index contributed by atoms with van der Waals surface area (Å²) in [6.07, 6.45) is -0.603. The van der Waals surface area contributed by atoms with Crippen LogP contribution in [0.25, 0.3) is 0 Å². The van der Waals surface area contributed by atoms with E-state index < -0.39 is 66.6 Å². The Balaban J connectivity index is 1.54. The molecule has 5 aliphatic rings. The van der Waals surface area contributed by atoms with Gasteiger partial charge in [-0.05, 0) is 117 Å². The quantitative estimate of drug-likeness (QED) is 0.164. The SMILES string of the molecule is CC(C)=CCC[C@](C)(O)C1CC[C@]2(C)C1C(O)CC1[C@@]3(C)CCC(O)C(C)(C)C3C(O[C@H]3O[C@@H](CO)[C@H](O)[C@@H](O)[C@@H]3O)C[C@]12C. The van der Waals surface area contributed by atoms with Crippen molar-refractivity contribution in [3.05, 3.63) is 11.6 Å². The maximum atomic E-state index is 12.1. The fraction of sp³-hybridized carbons (Fsp3) is 0.944. The molecule has 9 nitrogen and oxygen atoms in total. The van der Waals surface area contributed by atoms with Crippen LogP contribution in [0.5, 0.6) is 0 Å². The Morgan fingerprint density at radius 3 is 2.22 bits per heavy atom. The lowest BCUT2D eigenvalue weighted by atomic mass is 9.34. The van der Waals surface area contributed by atoms with Crippen molar-refractivity contribution in [2.45, 2.75) is 161 Å². The van der Waals surface area contributed by atoms with Crippen LogP contribution < -0.4 is 0 Å². The van der Waals surface area contributed by atoms with Gasteiger partial charge >= 0.3 is 0 Å². The van der Waals surface area contributed by atoms with Crippen LogP contribution in [0.1, 0.15) is 107 Å². The lowest BCUT2D eigenvalue weighted by Crippen LogP contribution is -2.71. The van der Waals surface area contributed by atoms with E-state index in [1.54, 1.807) is 0 Å². The molecular formula is C36H62O9. The number of fused-ring (bicyclic) bond motifs is 5. The Morgan fingerprint density at radius 1 is 0.933 bits per heavy atom. The Bertz CT molecular complexity index is 1100. The van der Waals surface area contributed by atoms with E-state index >= 15 is 0 Å². The van der Waals surface area contributed by atoms with Crippen LogP contribution in [0.3, 0.4) is 0 Å². The molecule has 45 heavy (non-hydrogen) atoms. The molecule has 7 unspecified atom stereocenters. The van der Waals surface area contributed by atoms with Gasteiger partial charge in [0.05, 0.1) is 30.5 Å². The molecular weight excluding hydrogens is 576 g/mol. The molecule has 1 heterocycles. The normalized spacial score (nSPS) is 52.2. The number of aliphatic hydroxyl groups excluding tert-OH is 6. The predicted octanol–water partition coefficient (Wildman–Crippen LogP) is 3.30. The number of allylic oxidation sites excluding steroid dienone is 2. The smallest absolute Gasteiger partial charge is 0.186 e. The van der Waals surface area contributed by atoms with Crippen molar-refractivity contribution < 1.29 is 45.2 Å². The molecule has 9 heteroatoms. The second kappa shape index (κ2) is 12.1. The van der Waals surface area contributed by atoms with Gasteiger partial charge in [0.1, 0.15) is 24.4 Å². The van der Waals surface area contributed by atoms with Crippen molar-refractivity contribution in [3.63, 3.8) is 0 Å². The van der Waals surface area contributed by atoms with E-state index in [4.69, 9.17) is 9.47 Å². The minimum absolute atomic E-state index is 0.0548. The van der Waals surface area contributed by atoms with Crippen LogP contribution in [0, 0.1) is 45.3 Å². The zero-order valence-electron chi connectivity index (χ0n) is 28.8. The van der Waals surface area contributed by atoms with E-state index in [0.717, 1.165) is 25.7 Å². The monoisotopic (exact) mass is 638 g/mol. The number of hydrogen-bond acceptors (Lipinski definition) is 9. The summed E-state index contributed by atoms with van der Waals surface area (Å²) in [6, 6.07) is 0. The summed E-state index contributed by atoms with van der Waals surface area (Å²) >= 11 is 0. The first-order chi connectivity index (χ1) is 20.8. The van der Waals surface area contributed by atoms with E-state index in [9.17, 15) is 35.7 Å². The summed E-state index contributed by atoms with van der Waals surface area (Å²) in [4.78, 5) is 0. The second-order valence-corrected chi connectivity index (χ2v) is 17.5. The Labute approximate surface area is 270 Å². The van der Waals surface area contributed by atoms with Gasteiger partial charge in [0.15, 0.2) is 6.29 Å². The van der Waals surface area contributed by atoms with Crippen LogP contribution in [0.4, 0.5) is 0 Å². The molecule has 0 aromatic carbocycles. The third-order valence-electron chi connectivity index (χ3n) is 14.4. The second-order valence-electron chi connectivity index (χ2n) is 17.5. The number of hydrogen-bond donors (Lipinski definition) is 7. The topological polar surface area (TPSA) is 160 Å². The molecule has 4 saturated carbocycles. The average Bonchev–Trinajstić information content (AvgIpc) is 3.33. The highest BCUT2D eigenvalue weighted by molar-refractivity contribution is 5.22. The van der Waals surface area contributed by atoms with E-state index in [1.165, 1.54) is 5.57 Å². The van der Waals surface area contributed by atoms with Crippen molar-refractivity contribution >= 4 is 0 Å². The first-order valence-corrected chi connectivity index (χ1v) is 17.4. The van der Waals surface area contributed by atoms with Gasteiger partial charge in [0.2, 0.25) is 0 Å². The Morgan fingerprint density at radius 2 is 1.60 bits per heavy atom. The molecule has 0 bridgehead atoms. The third-order valence-corrected chi connectivity index (χ3v) is 14.4. The van der Waals surface area contributed by atoms with Crippen LogP contribution >= 0.6 is 0 Å². The maximum absolute atomic E-state index is 12.1. The molecule has 0 radical (unpaired) electrons. The van der Waals surface area contributed by atoms with Crippen molar-refractivity contribution in [3.8, 4) is 0 Å². The highest BCUT2D eigenvalue weighted by Gasteiger charge is 2.73. The summed E-state index contributed by atoms with van der Waals surface area (Å²) < 4.78 is 12.6. The van der Waals surface area contributed by atoms with Gasteiger partial charge in [0, 0.05) is 0 Å². The van der Waals surface area contributed by atoms with Crippen molar-refractivity contribution in [2.24, 2.45) is 45.3 Å². The first kappa shape index (κ1) is 35.7. The molecule has 7 N–H and O–H groups in total. The van der Waals surface area contributed by atoms with Gasteiger partial charge in [-0.3, -0.25) is 0 Å². The molecule has 5 fully saturated rings. The molecule has 1 saturated heterocycles. The van der Waals surface area contributed by atoms with Crippen LogP contribution in [-0.4, -0.2) is 97.0 Å². The molecule has 0 spiro atoms. The van der Waals surface area contributed by atoms with E-state index in [2.05, 4.69) is 54.5 Å². The van der Waals surface area contributed by atoms with Gasteiger partial charge in [-0.25, -0.2) is 0 Å². The summed E-state index contributed by atoms with van der Waals surface area (Å²) in [7, 11) is 0. The molecule has 16 atom stereocenters. The zero-order chi connectivity index (χ0) is 33.5. The summed E-state index contributed by atoms with van der Waals surface area (Å²) in [5, 5.41) is 77.2. The lowest BCUT2D eigenvalue weighted by Gasteiger charge is -2.72. The van der Waals surface area contributed by atoms with Gasteiger partial charge in [-0.1, -0.05) is 46.3 Å². The average molecular weight is 639 g/mol. The number of ether oxygens (including phenoxy) is 2. The lowest BCUT2D eigenvalue weighted by molar-refractivity contribution is -0.346. The first-order valence-electron chi connectivity index (χ1n) is 17.4. The molecule has 1 aliphatic heterocycles. The summed E-state index contributed by atoms with van der Waals surface area (Å²) in [5.41, 5.74) is -1.21. The predicted molar refractivity (Wildman–Crippen MR) is 170 cm³/mol. The van der Waals surface area contributed by atoms with Crippen LogP contribution in [-0.2, 0) is 9.47 Å². The van der Waals surface area contributed by atoms with Crippen molar-refractivity contribution in [2.75, 3.05) is 6.61 Å². The maximum Gasteiger partial charge on any atom is 0.186 e.